The minimum absolute atomic E-state index is 0.167. The van der Waals surface area contributed by atoms with Gasteiger partial charge in [0.1, 0.15) is 5.41 Å². The van der Waals surface area contributed by atoms with Crippen LogP contribution in [0.3, 0.4) is 0 Å². The Hall–Kier alpha value is -1.12. The fraction of sp³-hybridized carbons (Fsp3) is 0.846. The molecule has 1 atom stereocenters. The number of nitrogens with zero attached hydrogens (tertiary/aromatic N) is 2. The zero-order chi connectivity index (χ0) is 13.6. The first-order chi connectivity index (χ1) is 8.55. The molecule has 1 amide bonds. The Kier molecular flexibility index (Phi) is 5.57. The summed E-state index contributed by atoms with van der Waals surface area (Å²) in [6.07, 6.45) is 3.50. The van der Waals surface area contributed by atoms with Crippen molar-refractivity contribution in [3.05, 3.63) is 0 Å². The van der Waals surface area contributed by atoms with E-state index in [0.717, 1.165) is 19.3 Å². The van der Waals surface area contributed by atoms with Crippen molar-refractivity contribution < 1.29 is 14.6 Å². The second kappa shape index (κ2) is 6.72. The molecule has 1 aliphatic carbocycles. The summed E-state index contributed by atoms with van der Waals surface area (Å²) in [6, 6.07) is 2.20. The number of likely N-dealkylation sites (N-methyl/N-ethyl adjacent to an activating group) is 1. The Morgan fingerprint density at radius 2 is 2.11 bits per heavy atom. The van der Waals surface area contributed by atoms with Gasteiger partial charge >= 0.3 is 0 Å². The maximum atomic E-state index is 12.3. The molecule has 1 unspecified atom stereocenters. The van der Waals surface area contributed by atoms with Crippen molar-refractivity contribution in [2.75, 3.05) is 27.3 Å². The van der Waals surface area contributed by atoms with Crippen LogP contribution in [0, 0.1) is 16.7 Å². The standard InChI is InChI=1S/C13H22N2O3/c1-15(8-11(16)9-18-2)12(17)13(10-14)6-4-3-5-7-13/h11,16H,3-9H2,1-2H3. The lowest BCUT2D eigenvalue weighted by Gasteiger charge is -2.33. The molecule has 0 heterocycles. The van der Waals surface area contributed by atoms with Crippen LogP contribution in [-0.2, 0) is 9.53 Å². The summed E-state index contributed by atoms with van der Waals surface area (Å²) in [6.45, 7) is 0.396. The van der Waals surface area contributed by atoms with Gasteiger partial charge < -0.3 is 14.7 Å². The van der Waals surface area contributed by atoms with Crippen molar-refractivity contribution in [3.63, 3.8) is 0 Å². The molecule has 1 aliphatic rings. The topological polar surface area (TPSA) is 73.6 Å². The zero-order valence-electron chi connectivity index (χ0n) is 11.2. The van der Waals surface area contributed by atoms with E-state index in [-0.39, 0.29) is 19.1 Å². The van der Waals surface area contributed by atoms with Gasteiger partial charge in [-0.15, -0.1) is 0 Å². The van der Waals surface area contributed by atoms with Crippen LogP contribution in [0.4, 0.5) is 0 Å². The van der Waals surface area contributed by atoms with Crippen LogP contribution in [0.15, 0.2) is 0 Å². The maximum Gasteiger partial charge on any atom is 0.242 e. The van der Waals surface area contributed by atoms with Crippen molar-refractivity contribution in [2.24, 2.45) is 5.41 Å². The summed E-state index contributed by atoms with van der Waals surface area (Å²) < 4.78 is 4.83. The van der Waals surface area contributed by atoms with Gasteiger partial charge in [-0.25, -0.2) is 0 Å². The monoisotopic (exact) mass is 254 g/mol. The van der Waals surface area contributed by atoms with Crippen molar-refractivity contribution >= 4 is 5.91 Å². The normalized spacial score (nSPS) is 19.9. The molecule has 5 heteroatoms. The van der Waals surface area contributed by atoms with Gasteiger partial charge in [0.2, 0.25) is 5.91 Å². The molecule has 0 aromatic rings. The Bertz CT molecular complexity index is 319. The van der Waals surface area contributed by atoms with Crippen LogP contribution in [0.25, 0.3) is 0 Å². The Balaban J connectivity index is 2.63. The first kappa shape index (κ1) is 14.9. The molecule has 18 heavy (non-hydrogen) atoms. The number of methoxy groups -OCH3 is 1. The maximum absolute atomic E-state index is 12.3. The molecule has 5 nitrogen and oxygen atoms in total. The van der Waals surface area contributed by atoms with E-state index in [9.17, 15) is 15.2 Å². The molecular formula is C13H22N2O3. The van der Waals surface area contributed by atoms with Gasteiger partial charge in [-0.05, 0) is 12.8 Å². The highest BCUT2D eigenvalue weighted by Gasteiger charge is 2.41. The molecule has 0 aromatic carbocycles. The molecule has 0 aliphatic heterocycles. The van der Waals surface area contributed by atoms with Crippen molar-refractivity contribution in [3.8, 4) is 6.07 Å². The van der Waals surface area contributed by atoms with Gasteiger partial charge in [-0.2, -0.15) is 5.26 Å². The third-order valence-electron chi connectivity index (χ3n) is 3.52. The summed E-state index contributed by atoms with van der Waals surface area (Å²) in [5.74, 6) is -0.167. The molecule has 1 saturated carbocycles. The quantitative estimate of drug-likeness (QED) is 0.792. The highest BCUT2D eigenvalue weighted by molar-refractivity contribution is 5.85. The van der Waals surface area contributed by atoms with Gasteiger partial charge in [0, 0.05) is 20.7 Å². The van der Waals surface area contributed by atoms with Crippen LogP contribution in [0.5, 0.6) is 0 Å². The number of hydrogen-bond acceptors (Lipinski definition) is 4. The first-order valence-electron chi connectivity index (χ1n) is 6.39. The fourth-order valence-electron chi connectivity index (χ4n) is 2.54. The largest absolute Gasteiger partial charge is 0.389 e. The molecule has 0 bridgehead atoms. The number of ether oxygens (including phenoxy) is 1. The number of nitriles is 1. The molecule has 1 fully saturated rings. The van der Waals surface area contributed by atoms with Crippen LogP contribution >= 0.6 is 0 Å². The number of carbonyl (C=O) groups excluding carboxylic acids is 1. The summed E-state index contributed by atoms with van der Waals surface area (Å²) in [5, 5.41) is 18.9. The summed E-state index contributed by atoms with van der Waals surface area (Å²) >= 11 is 0. The van der Waals surface area contributed by atoms with Crippen LogP contribution in [0.1, 0.15) is 32.1 Å². The minimum atomic E-state index is -0.875. The second-order valence-electron chi connectivity index (χ2n) is 5.05. The SMILES string of the molecule is COCC(O)CN(C)C(=O)C1(C#N)CCCCC1. The van der Waals surface area contributed by atoms with E-state index in [1.54, 1.807) is 7.05 Å². The van der Waals surface area contributed by atoms with E-state index < -0.39 is 11.5 Å². The van der Waals surface area contributed by atoms with Crippen LogP contribution in [-0.4, -0.2) is 49.3 Å². The van der Waals surface area contributed by atoms with Crippen molar-refractivity contribution in [2.45, 2.75) is 38.2 Å². The summed E-state index contributed by atoms with van der Waals surface area (Å²) in [5.41, 5.74) is -0.875. The van der Waals surface area contributed by atoms with E-state index in [1.807, 2.05) is 0 Å². The average molecular weight is 254 g/mol. The van der Waals surface area contributed by atoms with E-state index in [1.165, 1.54) is 12.0 Å². The van der Waals surface area contributed by atoms with Gasteiger partial charge in [0.15, 0.2) is 0 Å². The molecule has 1 N–H and O–H groups in total. The van der Waals surface area contributed by atoms with Gasteiger partial charge in [-0.3, -0.25) is 4.79 Å². The highest BCUT2D eigenvalue weighted by Crippen LogP contribution is 2.37. The second-order valence-corrected chi connectivity index (χ2v) is 5.05. The number of carbonyl (C=O) groups is 1. The minimum Gasteiger partial charge on any atom is -0.389 e. The lowest BCUT2D eigenvalue weighted by Crippen LogP contribution is -2.45. The van der Waals surface area contributed by atoms with Gasteiger partial charge in [0.25, 0.3) is 0 Å². The van der Waals surface area contributed by atoms with E-state index in [4.69, 9.17) is 4.74 Å². The Labute approximate surface area is 108 Å². The van der Waals surface area contributed by atoms with Crippen LogP contribution in [0.2, 0.25) is 0 Å². The predicted octanol–water partition coefficient (Wildman–Crippen LogP) is 0.926. The fourth-order valence-corrected chi connectivity index (χ4v) is 2.54. The lowest BCUT2D eigenvalue weighted by atomic mass is 9.74. The molecule has 1 rings (SSSR count). The predicted molar refractivity (Wildman–Crippen MR) is 66.7 cm³/mol. The number of hydrogen-bond donors (Lipinski definition) is 1. The van der Waals surface area contributed by atoms with Crippen molar-refractivity contribution in [1.82, 2.24) is 4.90 Å². The number of rotatable bonds is 5. The summed E-state index contributed by atoms with van der Waals surface area (Å²) in [7, 11) is 3.14. The molecule has 0 radical (unpaired) electrons. The molecule has 102 valence electrons. The smallest absolute Gasteiger partial charge is 0.242 e. The Morgan fingerprint density at radius 1 is 1.50 bits per heavy atom. The third kappa shape index (κ3) is 3.44. The van der Waals surface area contributed by atoms with Crippen LogP contribution < -0.4 is 0 Å². The molecule has 0 spiro atoms. The van der Waals surface area contributed by atoms with E-state index in [2.05, 4.69) is 6.07 Å². The average Bonchev–Trinajstić information content (AvgIpc) is 2.38. The number of aliphatic hydroxyl groups is 1. The highest BCUT2D eigenvalue weighted by atomic mass is 16.5. The molecular weight excluding hydrogens is 232 g/mol. The first-order valence-corrected chi connectivity index (χ1v) is 6.39. The van der Waals surface area contributed by atoms with Gasteiger partial charge in [0.05, 0.1) is 18.8 Å². The summed E-state index contributed by atoms with van der Waals surface area (Å²) in [4.78, 5) is 13.8. The number of amides is 1. The van der Waals surface area contributed by atoms with E-state index >= 15 is 0 Å². The van der Waals surface area contributed by atoms with E-state index in [0.29, 0.717) is 12.8 Å². The molecule has 0 aromatic heterocycles. The number of aliphatic hydroxyl groups excluding tert-OH is 1. The third-order valence-corrected chi connectivity index (χ3v) is 3.52. The lowest BCUT2D eigenvalue weighted by molar-refractivity contribution is -0.140. The van der Waals surface area contributed by atoms with Gasteiger partial charge in [-0.1, -0.05) is 19.3 Å². The van der Waals surface area contributed by atoms with Crippen molar-refractivity contribution in [1.29, 1.82) is 5.26 Å². The molecule has 0 saturated heterocycles. The Morgan fingerprint density at radius 3 is 2.61 bits per heavy atom. The zero-order valence-corrected chi connectivity index (χ0v) is 11.2.